The van der Waals surface area contributed by atoms with E-state index in [0.29, 0.717) is 41.9 Å². The van der Waals surface area contributed by atoms with Crippen molar-refractivity contribution in [1.82, 2.24) is 9.97 Å². The highest BCUT2D eigenvalue weighted by atomic mass is 16.5. The van der Waals surface area contributed by atoms with Gasteiger partial charge < -0.3 is 29.2 Å². The number of nitrogens with zero attached hydrogens (tertiary/aromatic N) is 4. The Hall–Kier alpha value is -3.87. The van der Waals surface area contributed by atoms with Gasteiger partial charge in [0.05, 0.1) is 44.8 Å². The molecule has 9 heteroatoms. The molecule has 2 fully saturated rings. The maximum atomic E-state index is 9.84. The highest BCUT2D eigenvalue weighted by Crippen LogP contribution is 2.37. The summed E-state index contributed by atoms with van der Waals surface area (Å²) in [6.45, 7) is 4.60. The van der Waals surface area contributed by atoms with Crippen molar-refractivity contribution < 1.29 is 18.9 Å². The van der Waals surface area contributed by atoms with Gasteiger partial charge in [-0.1, -0.05) is 0 Å². The Kier molecular flexibility index (Phi) is 7.45. The summed E-state index contributed by atoms with van der Waals surface area (Å²) in [6, 6.07) is 15.9. The Morgan fingerprint density at radius 1 is 1.03 bits per heavy atom. The summed E-state index contributed by atoms with van der Waals surface area (Å²) in [4.78, 5) is 11.4. The highest BCUT2D eigenvalue weighted by Gasteiger charge is 2.21. The summed E-state index contributed by atoms with van der Waals surface area (Å²) in [7, 11) is 1.57. The molecule has 2 aliphatic heterocycles. The van der Waals surface area contributed by atoms with Gasteiger partial charge in [-0.15, -0.1) is 0 Å². The molecule has 0 unspecified atom stereocenters. The molecule has 5 rings (SSSR count). The van der Waals surface area contributed by atoms with Gasteiger partial charge in [0, 0.05) is 49.1 Å². The van der Waals surface area contributed by atoms with E-state index >= 15 is 0 Å². The molecule has 2 aromatic carbocycles. The van der Waals surface area contributed by atoms with Gasteiger partial charge in [-0.05, 0) is 42.5 Å². The number of morpholine rings is 1. The van der Waals surface area contributed by atoms with E-state index in [0.717, 1.165) is 56.1 Å². The van der Waals surface area contributed by atoms with Crippen LogP contribution < -0.4 is 19.7 Å². The molecule has 0 aliphatic carbocycles. The van der Waals surface area contributed by atoms with Crippen LogP contribution >= 0.6 is 0 Å². The van der Waals surface area contributed by atoms with Gasteiger partial charge in [0.2, 0.25) is 5.95 Å². The van der Waals surface area contributed by atoms with Crippen LogP contribution in [0.25, 0.3) is 11.3 Å². The maximum Gasteiger partial charge on any atom is 0.227 e. The summed E-state index contributed by atoms with van der Waals surface area (Å²) >= 11 is 0. The van der Waals surface area contributed by atoms with Crippen LogP contribution in [0.15, 0.2) is 48.7 Å². The third-order valence-corrected chi connectivity index (χ3v) is 6.30. The van der Waals surface area contributed by atoms with Crippen molar-refractivity contribution in [1.29, 1.82) is 5.26 Å². The number of nitriles is 1. The van der Waals surface area contributed by atoms with Gasteiger partial charge in [-0.3, -0.25) is 0 Å². The van der Waals surface area contributed by atoms with Crippen LogP contribution in [-0.2, 0) is 9.47 Å². The minimum Gasteiger partial charge on any atom is -0.493 e. The summed E-state index contributed by atoms with van der Waals surface area (Å²) in [6.07, 6.45) is 3.25. The molecule has 2 saturated heterocycles. The summed E-state index contributed by atoms with van der Waals surface area (Å²) < 4.78 is 22.6. The second-order valence-electron chi connectivity index (χ2n) is 8.63. The number of anilines is 3. The molecule has 0 spiro atoms. The lowest BCUT2D eigenvalue weighted by Crippen LogP contribution is -2.36. The fourth-order valence-electron chi connectivity index (χ4n) is 4.35. The predicted octanol–water partition coefficient (Wildman–Crippen LogP) is 4.16. The molecule has 0 amide bonds. The van der Waals surface area contributed by atoms with Crippen LogP contribution in [0.1, 0.15) is 18.4 Å². The molecule has 0 atom stereocenters. The van der Waals surface area contributed by atoms with E-state index in [1.165, 1.54) is 0 Å². The Morgan fingerprint density at radius 3 is 2.50 bits per heavy atom. The topological polar surface area (TPSA) is 102 Å². The number of aromatic nitrogens is 2. The van der Waals surface area contributed by atoms with E-state index in [9.17, 15) is 5.26 Å². The van der Waals surface area contributed by atoms with Gasteiger partial charge in [0.1, 0.15) is 12.2 Å². The van der Waals surface area contributed by atoms with Crippen molar-refractivity contribution in [2.24, 2.45) is 0 Å². The number of hydrogen-bond donors (Lipinski definition) is 1. The third kappa shape index (κ3) is 5.51. The summed E-state index contributed by atoms with van der Waals surface area (Å²) in [5, 5.41) is 13.1. The molecule has 3 aromatic rings. The van der Waals surface area contributed by atoms with Crippen LogP contribution in [-0.4, -0.2) is 62.7 Å². The number of rotatable bonds is 7. The molecule has 9 nitrogen and oxygen atoms in total. The Morgan fingerprint density at radius 2 is 1.78 bits per heavy atom. The molecule has 186 valence electrons. The van der Waals surface area contributed by atoms with E-state index in [-0.39, 0.29) is 6.10 Å². The van der Waals surface area contributed by atoms with Gasteiger partial charge in [-0.2, -0.15) is 5.26 Å². The first-order chi connectivity index (χ1) is 17.7. The Labute approximate surface area is 210 Å². The molecule has 0 radical (unpaired) electrons. The van der Waals surface area contributed by atoms with Crippen molar-refractivity contribution in [2.45, 2.75) is 18.9 Å². The average molecular weight is 488 g/mol. The molecule has 3 heterocycles. The first-order valence-electron chi connectivity index (χ1n) is 12.1. The lowest BCUT2D eigenvalue weighted by atomic mass is 10.1. The van der Waals surface area contributed by atoms with Crippen LogP contribution in [0.3, 0.4) is 0 Å². The zero-order valence-corrected chi connectivity index (χ0v) is 20.3. The molecule has 36 heavy (non-hydrogen) atoms. The number of nitrogens with one attached hydrogen (secondary N) is 1. The molecular weight excluding hydrogens is 458 g/mol. The fourth-order valence-corrected chi connectivity index (χ4v) is 4.35. The molecule has 0 bridgehead atoms. The zero-order valence-electron chi connectivity index (χ0n) is 20.3. The second-order valence-corrected chi connectivity index (χ2v) is 8.63. The summed E-state index contributed by atoms with van der Waals surface area (Å²) in [5.41, 5.74) is 3.88. The highest BCUT2D eigenvalue weighted by molar-refractivity contribution is 5.70. The molecule has 2 aliphatic rings. The predicted molar refractivity (Wildman–Crippen MR) is 136 cm³/mol. The van der Waals surface area contributed by atoms with Gasteiger partial charge >= 0.3 is 0 Å². The first-order valence-corrected chi connectivity index (χ1v) is 12.1. The van der Waals surface area contributed by atoms with Crippen LogP contribution in [0.2, 0.25) is 0 Å². The van der Waals surface area contributed by atoms with Crippen molar-refractivity contribution in [2.75, 3.05) is 56.8 Å². The monoisotopic (exact) mass is 487 g/mol. The quantitative estimate of drug-likeness (QED) is 0.526. The Bertz CT molecular complexity index is 1220. The molecular formula is C27H29N5O4. The maximum absolute atomic E-state index is 9.84. The van der Waals surface area contributed by atoms with Crippen molar-refractivity contribution in [3.05, 3.63) is 54.2 Å². The minimum absolute atomic E-state index is 0.00455. The van der Waals surface area contributed by atoms with E-state index in [1.807, 2.05) is 24.3 Å². The first kappa shape index (κ1) is 23.9. The number of methoxy groups -OCH3 is 1. The van der Waals surface area contributed by atoms with Gasteiger partial charge in [0.25, 0.3) is 0 Å². The van der Waals surface area contributed by atoms with Crippen LogP contribution in [0, 0.1) is 11.3 Å². The van der Waals surface area contributed by atoms with E-state index in [4.69, 9.17) is 18.9 Å². The largest absolute Gasteiger partial charge is 0.493 e. The number of benzene rings is 2. The van der Waals surface area contributed by atoms with Crippen molar-refractivity contribution in [3.63, 3.8) is 0 Å². The summed E-state index contributed by atoms with van der Waals surface area (Å²) in [5.74, 6) is 1.43. The second kappa shape index (κ2) is 11.2. The zero-order chi connectivity index (χ0) is 24.7. The van der Waals surface area contributed by atoms with Gasteiger partial charge in [-0.25, -0.2) is 9.97 Å². The lowest BCUT2D eigenvalue weighted by Gasteiger charge is -2.28. The van der Waals surface area contributed by atoms with Crippen LogP contribution in [0.4, 0.5) is 17.3 Å². The minimum atomic E-state index is -0.00455. The normalized spacial score (nSPS) is 16.3. The van der Waals surface area contributed by atoms with E-state index in [2.05, 4.69) is 38.4 Å². The smallest absolute Gasteiger partial charge is 0.227 e. The van der Waals surface area contributed by atoms with E-state index in [1.54, 1.807) is 19.4 Å². The molecule has 0 saturated carbocycles. The SMILES string of the molecule is COc1cc(-c2ccnc(Nc3ccc(N4CCOCC4)cc3)n2)cc(C#N)c1OC1CCOCC1. The van der Waals surface area contributed by atoms with Crippen LogP contribution in [0.5, 0.6) is 11.5 Å². The van der Waals surface area contributed by atoms with Gasteiger partial charge in [0.15, 0.2) is 11.5 Å². The van der Waals surface area contributed by atoms with Crippen molar-refractivity contribution >= 4 is 17.3 Å². The fraction of sp³-hybridized carbons (Fsp3) is 0.370. The van der Waals surface area contributed by atoms with E-state index < -0.39 is 0 Å². The average Bonchev–Trinajstić information content (AvgIpc) is 2.94. The Balaban J connectivity index is 1.35. The number of hydrogen-bond acceptors (Lipinski definition) is 9. The molecule has 1 aromatic heterocycles. The lowest BCUT2D eigenvalue weighted by molar-refractivity contribution is 0.0244. The third-order valence-electron chi connectivity index (χ3n) is 6.30. The van der Waals surface area contributed by atoms with Crippen molar-refractivity contribution in [3.8, 4) is 28.8 Å². The standard InChI is InChI=1S/C27H29N5O4/c1-33-25-17-19(16-20(18-28)26(25)36-23-7-12-34-13-8-23)24-6-9-29-27(31-24)30-21-2-4-22(5-3-21)32-10-14-35-15-11-32/h2-6,9,16-17,23H,7-8,10-15H2,1H3,(H,29,30,31). The molecule has 1 N–H and O–H groups in total. The number of ether oxygens (including phenoxy) is 4.